The van der Waals surface area contributed by atoms with Crippen LogP contribution in [0.15, 0.2) is 27.3 Å². The molecule has 2 N–H and O–H groups in total. The van der Waals surface area contributed by atoms with Gasteiger partial charge in [0.1, 0.15) is 5.69 Å². The summed E-state index contributed by atoms with van der Waals surface area (Å²) >= 11 is 3.44. The van der Waals surface area contributed by atoms with E-state index in [1.165, 1.54) is 0 Å². The highest BCUT2D eigenvalue weighted by Gasteiger charge is 2.17. The summed E-state index contributed by atoms with van der Waals surface area (Å²) < 4.78 is 6.16. The molecule has 5 nitrogen and oxygen atoms in total. The number of rotatable bonds is 6. The van der Waals surface area contributed by atoms with Crippen molar-refractivity contribution in [3.05, 3.63) is 28.7 Å². The molecule has 0 aliphatic heterocycles. The molecule has 0 bridgehead atoms. The minimum Gasteiger partial charge on any atom is -0.339 e. The van der Waals surface area contributed by atoms with E-state index >= 15 is 0 Å². The quantitative estimate of drug-likeness (QED) is 0.875. The lowest BCUT2D eigenvalue weighted by Crippen LogP contribution is -2.19. The molecule has 1 unspecified atom stereocenters. The molecule has 0 aliphatic carbocycles. The molecule has 0 saturated heterocycles. The third kappa shape index (κ3) is 3.86. The van der Waals surface area contributed by atoms with Crippen LogP contribution in [0.2, 0.25) is 0 Å². The van der Waals surface area contributed by atoms with E-state index in [9.17, 15) is 0 Å². The molecule has 0 fully saturated rings. The highest BCUT2D eigenvalue weighted by atomic mass is 79.9. The number of halogens is 1. The number of nitrogens with zero attached hydrogens (tertiary/aromatic N) is 3. The Morgan fingerprint density at radius 2 is 2.20 bits per heavy atom. The first-order valence-electron chi connectivity index (χ1n) is 6.73. The number of hydrogen-bond acceptors (Lipinski definition) is 5. The summed E-state index contributed by atoms with van der Waals surface area (Å²) in [6, 6.07) is 3.75. The number of hydrogen-bond donors (Lipinski definition) is 1. The van der Waals surface area contributed by atoms with E-state index in [0.717, 1.165) is 10.9 Å². The van der Waals surface area contributed by atoms with Gasteiger partial charge in [0, 0.05) is 17.1 Å². The second-order valence-corrected chi connectivity index (χ2v) is 6.14. The van der Waals surface area contributed by atoms with Gasteiger partial charge in [0.05, 0.1) is 0 Å². The monoisotopic (exact) mass is 338 g/mol. The summed E-state index contributed by atoms with van der Waals surface area (Å²) in [6.45, 7) is 5.00. The standard InChI is InChI=1S/C14H19BrN4O/c1-9(2)6-10(8-16)7-12-18-14(19-20-12)13-11(15)4-3-5-17-13/h3-5,9-10H,6-8,16H2,1-2H3. The fraction of sp³-hybridized carbons (Fsp3) is 0.500. The second kappa shape index (κ2) is 6.95. The van der Waals surface area contributed by atoms with Crippen LogP contribution < -0.4 is 5.73 Å². The lowest BCUT2D eigenvalue weighted by molar-refractivity contribution is 0.332. The van der Waals surface area contributed by atoms with Crippen LogP contribution in [0.1, 0.15) is 26.2 Å². The summed E-state index contributed by atoms with van der Waals surface area (Å²) in [7, 11) is 0. The van der Waals surface area contributed by atoms with Gasteiger partial charge < -0.3 is 10.3 Å². The Labute approximate surface area is 127 Å². The maximum atomic E-state index is 5.80. The highest BCUT2D eigenvalue weighted by molar-refractivity contribution is 9.10. The van der Waals surface area contributed by atoms with Crippen molar-refractivity contribution in [2.75, 3.05) is 6.54 Å². The van der Waals surface area contributed by atoms with E-state index in [2.05, 4.69) is 44.9 Å². The van der Waals surface area contributed by atoms with Crippen LogP contribution >= 0.6 is 15.9 Å². The van der Waals surface area contributed by atoms with E-state index in [-0.39, 0.29) is 0 Å². The van der Waals surface area contributed by atoms with E-state index in [1.807, 2.05) is 12.1 Å². The van der Waals surface area contributed by atoms with E-state index in [4.69, 9.17) is 10.3 Å². The van der Waals surface area contributed by atoms with Gasteiger partial charge in [-0.1, -0.05) is 19.0 Å². The van der Waals surface area contributed by atoms with Crippen molar-refractivity contribution in [2.45, 2.75) is 26.7 Å². The van der Waals surface area contributed by atoms with Gasteiger partial charge in [-0.3, -0.25) is 4.98 Å². The van der Waals surface area contributed by atoms with Gasteiger partial charge >= 0.3 is 0 Å². The molecule has 2 aromatic heterocycles. The average molecular weight is 339 g/mol. The fourth-order valence-corrected chi connectivity index (χ4v) is 2.59. The minimum atomic E-state index is 0.371. The van der Waals surface area contributed by atoms with Gasteiger partial charge in [0.15, 0.2) is 0 Å². The van der Waals surface area contributed by atoms with Crippen LogP contribution in [0.25, 0.3) is 11.5 Å². The molecule has 1 atom stereocenters. The molecule has 6 heteroatoms. The third-order valence-electron chi connectivity index (χ3n) is 3.04. The van der Waals surface area contributed by atoms with Crippen LogP contribution in [0.5, 0.6) is 0 Å². The zero-order valence-electron chi connectivity index (χ0n) is 11.7. The molecule has 0 radical (unpaired) electrons. The average Bonchev–Trinajstić information content (AvgIpc) is 2.86. The van der Waals surface area contributed by atoms with E-state index in [1.54, 1.807) is 6.20 Å². The third-order valence-corrected chi connectivity index (χ3v) is 3.68. The smallest absolute Gasteiger partial charge is 0.227 e. The molecule has 20 heavy (non-hydrogen) atoms. The van der Waals surface area contributed by atoms with Crippen LogP contribution in [0.3, 0.4) is 0 Å². The minimum absolute atomic E-state index is 0.371. The number of nitrogens with two attached hydrogens (primary N) is 1. The van der Waals surface area contributed by atoms with Crippen molar-refractivity contribution in [1.29, 1.82) is 0 Å². The first kappa shape index (κ1) is 15.1. The van der Waals surface area contributed by atoms with Gasteiger partial charge in [0.25, 0.3) is 0 Å². The Bertz CT molecular complexity index is 556. The molecule has 2 rings (SSSR count). The molecular formula is C14H19BrN4O. The molecule has 2 aromatic rings. The first-order valence-corrected chi connectivity index (χ1v) is 7.53. The molecule has 0 aliphatic rings. The Kier molecular flexibility index (Phi) is 5.25. The maximum absolute atomic E-state index is 5.80. The lowest BCUT2D eigenvalue weighted by Gasteiger charge is -2.14. The summed E-state index contributed by atoms with van der Waals surface area (Å²) in [6.07, 6.45) is 3.48. The van der Waals surface area contributed by atoms with Crippen molar-refractivity contribution in [3.8, 4) is 11.5 Å². The Balaban J connectivity index is 2.11. The Hall–Kier alpha value is -1.27. The predicted octanol–water partition coefficient (Wildman–Crippen LogP) is 3.06. The van der Waals surface area contributed by atoms with Crippen LogP contribution in [0, 0.1) is 11.8 Å². The van der Waals surface area contributed by atoms with Crippen LogP contribution in [-0.4, -0.2) is 21.7 Å². The molecular weight excluding hydrogens is 320 g/mol. The largest absolute Gasteiger partial charge is 0.339 e. The number of pyridine rings is 1. The first-order chi connectivity index (χ1) is 9.60. The topological polar surface area (TPSA) is 77.8 Å². The Morgan fingerprint density at radius 3 is 2.85 bits per heavy atom. The molecule has 0 aromatic carbocycles. The zero-order chi connectivity index (χ0) is 14.5. The molecule has 108 valence electrons. The predicted molar refractivity (Wildman–Crippen MR) is 80.9 cm³/mol. The van der Waals surface area contributed by atoms with Crippen molar-refractivity contribution >= 4 is 15.9 Å². The molecule has 0 spiro atoms. The molecule has 0 saturated carbocycles. The number of aromatic nitrogens is 3. The van der Waals surface area contributed by atoms with Gasteiger partial charge in [-0.25, -0.2) is 0 Å². The van der Waals surface area contributed by atoms with Gasteiger partial charge in [-0.15, -0.1) is 0 Å². The lowest BCUT2D eigenvalue weighted by atomic mass is 9.94. The van der Waals surface area contributed by atoms with E-state index < -0.39 is 0 Å². The summed E-state index contributed by atoms with van der Waals surface area (Å²) in [4.78, 5) is 8.66. The van der Waals surface area contributed by atoms with Crippen molar-refractivity contribution in [1.82, 2.24) is 15.1 Å². The SMILES string of the molecule is CC(C)CC(CN)Cc1nc(-c2ncccc2Br)no1. The molecule has 0 amide bonds. The summed E-state index contributed by atoms with van der Waals surface area (Å²) in [5.41, 5.74) is 6.49. The highest BCUT2D eigenvalue weighted by Crippen LogP contribution is 2.24. The Morgan fingerprint density at radius 1 is 1.40 bits per heavy atom. The maximum Gasteiger partial charge on any atom is 0.227 e. The van der Waals surface area contributed by atoms with E-state index in [0.29, 0.717) is 42.2 Å². The second-order valence-electron chi connectivity index (χ2n) is 5.28. The fourth-order valence-electron chi connectivity index (χ4n) is 2.16. The normalized spacial score (nSPS) is 12.8. The van der Waals surface area contributed by atoms with Gasteiger partial charge in [-0.05, 0) is 52.9 Å². The molecule has 2 heterocycles. The van der Waals surface area contributed by atoms with Crippen LogP contribution in [-0.2, 0) is 6.42 Å². The van der Waals surface area contributed by atoms with Crippen LogP contribution in [0.4, 0.5) is 0 Å². The van der Waals surface area contributed by atoms with Crippen molar-refractivity contribution in [3.63, 3.8) is 0 Å². The van der Waals surface area contributed by atoms with Gasteiger partial charge in [-0.2, -0.15) is 4.98 Å². The van der Waals surface area contributed by atoms with Gasteiger partial charge in [0.2, 0.25) is 11.7 Å². The van der Waals surface area contributed by atoms with Crippen molar-refractivity contribution < 1.29 is 4.52 Å². The summed E-state index contributed by atoms with van der Waals surface area (Å²) in [5, 5.41) is 3.99. The zero-order valence-corrected chi connectivity index (χ0v) is 13.3. The summed E-state index contributed by atoms with van der Waals surface area (Å²) in [5.74, 6) is 2.10. The van der Waals surface area contributed by atoms with Crippen molar-refractivity contribution in [2.24, 2.45) is 17.6 Å².